The molecule has 0 atom stereocenters. The lowest BCUT2D eigenvalue weighted by Crippen LogP contribution is -2.29. The monoisotopic (exact) mass is 395 g/mol. The van der Waals surface area contributed by atoms with Crippen LogP contribution in [-0.2, 0) is 17.8 Å². The first kappa shape index (κ1) is 20.1. The summed E-state index contributed by atoms with van der Waals surface area (Å²) in [6.45, 7) is 5.29. The van der Waals surface area contributed by atoms with Crippen molar-refractivity contribution in [3.63, 3.8) is 0 Å². The molecule has 0 spiro atoms. The summed E-state index contributed by atoms with van der Waals surface area (Å²) in [6, 6.07) is 17.4. The number of carbonyl (C=O) groups is 1. The summed E-state index contributed by atoms with van der Waals surface area (Å²) in [4.78, 5) is 29.7. The summed E-state index contributed by atoms with van der Waals surface area (Å²) >= 11 is 1.31. The van der Waals surface area contributed by atoms with Gasteiger partial charge in [-0.3, -0.25) is 14.2 Å². The van der Waals surface area contributed by atoms with E-state index in [0.717, 1.165) is 6.42 Å². The zero-order valence-corrected chi connectivity index (χ0v) is 17.0. The number of hydrogen-bond acceptors (Lipinski definition) is 4. The molecular weight excluding hydrogens is 370 g/mol. The second-order valence-electron chi connectivity index (χ2n) is 7.10. The van der Waals surface area contributed by atoms with Crippen LogP contribution in [0, 0.1) is 5.92 Å². The minimum Gasteiger partial charge on any atom is -0.355 e. The van der Waals surface area contributed by atoms with E-state index in [0.29, 0.717) is 35.1 Å². The molecule has 0 radical (unpaired) electrons. The third-order valence-corrected chi connectivity index (χ3v) is 5.26. The van der Waals surface area contributed by atoms with Crippen LogP contribution in [0.3, 0.4) is 0 Å². The van der Waals surface area contributed by atoms with E-state index in [1.807, 2.05) is 48.5 Å². The van der Waals surface area contributed by atoms with Crippen LogP contribution in [0.2, 0.25) is 0 Å². The summed E-state index contributed by atoms with van der Waals surface area (Å²) in [7, 11) is 0. The number of para-hydroxylation sites is 1. The van der Waals surface area contributed by atoms with Crippen molar-refractivity contribution >= 4 is 28.6 Å². The molecule has 1 N–H and O–H groups in total. The zero-order valence-electron chi connectivity index (χ0n) is 16.2. The maximum atomic E-state index is 12.9. The van der Waals surface area contributed by atoms with Crippen LogP contribution < -0.4 is 10.9 Å². The van der Waals surface area contributed by atoms with Gasteiger partial charge in [0.1, 0.15) is 0 Å². The predicted molar refractivity (Wildman–Crippen MR) is 115 cm³/mol. The molecule has 3 aromatic rings. The molecule has 0 fully saturated rings. The van der Waals surface area contributed by atoms with Gasteiger partial charge in [0.2, 0.25) is 5.91 Å². The lowest BCUT2D eigenvalue weighted by Gasteiger charge is -2.14. The van der Waals surface area contributed by atoms with Crippen LogP contribution in [0.4, 0.5) is 0 Å². The highest BCUT2D eigenvalue weighted by Gasteiger charge is 2.14. The molecule has 0 aliphatic carbocycles. The number of amides is 1. The second kappa shape index (κ2) is 9.55. The molecule has 0 aliphatic heterocycles. The molecule has 0 bridgehead atoms. The number of benzene rings is 2. The van der Waals surface area contributed by atoms with E-state index in [1.165, 1.54) is 17.3 Å². The Morgan fingerprint density at radius 2 is 1.82 bits per heavy atom. The van der Waals surface area contributed by atoms with Crippen LogP contribution in [0.15, 0.2) is 64.5 Å². The number of nitrogens with one attached hydrogen (secondary N) is 1. The Morgan fingerprint density at radius 1 is 1.11 bits per heavy atom. The maximum Gasteiger partial charge on any atom is 0.262 e. The molecular formula is C22H25N3O2S. The Balaban J connectivity index is 1.67. The van der Waals surface area contributed by atoms with E-state index < -0.39 is 0 Å². The molecule has 1 aromatic heterocycles. The number of aromatic nitrogens is 2. The Bertz CT molecular complexity index is 1000. The van der Waals surface area contributed by atoms with Crippen molar-refractivity contribution in [3.05, 3.63) is 70.5 Å². The van der Waals surface area contributed by atoms with Crippen molar-refractivity contribution in [2.45, 2.75) is 32.0 Å². The van der Waals surface area contributed by atoms with E-state index in [2.05, 4.69) is 24.1 Å². The number of nitrogens with zero attached hydrogens (tertiary/aromatic N) is 2. The molecule has 1 amide bonds. The number of thioether (sulfide) groups is 1. The summed E-state index contributed by atoms with van der Waals surface area (Å²) in [6.07, 6.45) is 0.795. The molecule has 146 valence electrons. The fourth-order valence-electron chi connectivity index (χ4n) is 2.96. The molecule has 0 aliphatic rings. The molecule has 1 heterocycles. The van der Waals surface area contributed by atoms with Crippen molar-refractivity contribution in [3.8, 4) is 0 Å². The van der Waals surface area contributed by atoms with Gasteiger partial charge in [0.25, 0.3) is 5.56 Å². The third kappa shape index (κ3) is 5.23. The molecule has 2 aromatic carbocycles. The van der Waals surface area contributed by atoms with Gasteiger partial charge in [-0.15, -0.1) is 0 Å². The largest absolute Gasteiger partial charge is 0.355 e. The minimum atomic E-state index is -0.0561. The number of hydrogen-bond donors (Lipinski definition) is 1. The van der Waals surface area contributed by atoms with Gasteiger partial charge in [0.05, 0.1) is 16.7 Å². The van der Waals surface area contributed by atoms with Crippen LogP contribution in [0.1, 0.15) is 19.4 Å². The maximum absolute atomic E-state index is 12.9. The van der Waals surface area contributed by atoms with Gasteiger partial charge in [-0.1, -0.05) is 68.1 Å². The molecule has 0 saturated carbocycles. The van der Waals surface area contributed by atoms with Crippen molar-refractivity contribution < 1.29 is 4.79 Å². The van der Waals surface area contributed by atoms with Crippen LogP contribution >= 0.6 is 11.8 Å². The highest BCUT2D eigenvalue weighted by molar-refractivity contribution is 7.99. The van der Waals surface area contributed by atoms with Gasteiger partial charge >= 0.3 is 0 Å². The third-order valence-electron chi connectivity index (χ3n) is 4.29. The standard InChI is InChI=1S/C22H25N3O2S/c1-16(2)14-25-21(27)18-10-6-7-11-19(18)24-22(25)28-15-20(26)23-13-12-17-8-4-3-5-9-17/h3-11,16H,12-15H2,1-2H3,(H,23,26). The van der Waals surface area contributed by atoms with Crippen molar-refractivity contribution in [1.29, 1.82) is 0 Å². The summed E-state index contributed by atoms with van der Waals surface area (Å²) in [5.74, 6) is 0.483. The van der Waals surface area contributed by atoms with E-state index in [1.54, 1.807) is 10.6 Å². The van der Waals surface area contributed by atoms with E-state index in [4.69, 9.17) is 0 Å². The SMILES string of the molecule is CC(C)Cn1c(SCC(=O)NCCc2ccccc2)nc2ccccc2c1=O. The number of fused-ring (bicyclic) bond motifs is 1. The Morgan fingerprint density at radius 3 is 2.57 bits per heavy atom. The van der Waals surface area contributed by atoms with Crippen molar-refractivity contribution in [1.82, 2.24) is 14.9 Å². The average molecular weight is 396 g/mol. The lowest BCUT2D eigenvalue weighted by molar-refractivity contribution is -0.118. The molecule has 5 nitrogen and oxygen atoms in total. The van der Waals surface area contributed by atoms with Gasteiger partial charge < -0.3 is 5.32 Å². The van der Waals surface area contributed by atoms with Crippen molar-refractivity contribution in [2.75, 3.05) is 12.3 Å². The first-order valence-electron chi connectivity index (χ1n) is 9.47. The Labute approximate surface area is 169 Å². The highest BCUT2D eigenvalue weighted by atomic mass is 32.2. The molecule has 28 heavy (non-hydrogen) atoms. The van der Waals surface area contributed by atoms with Gasteiger partial charge in [-0.25, -0.2) is 4.98 Å². The predicted octanol–water partition coefficient (Wildman–Crippen LogP) is 3.50. The topological polar surface area (TPSA) is 64.0 Å². The van der Waals surface area contributed by atoms with Gasteiger partial charge in [-0.05, 0) is 30.0 Å². The molecule has 0 unspecified atom stereocenters. The highest BCUT2D eigenvalue weighted by Crippen LogP contribution is 2.18. The van der Waals surface area contributed by atoms with Gasteiger partial charge in [0.15, 0.2) is 5.16 Å². The summed E-state index contributed by atoms with van der Waals surface area (Å²) < 4.78 is 1.69. The Hall–Kier alpha value is -2.60. The smallest absolute Gasteiger partial charge is 0.262 e. The molecule has 6 heteroatoms. The number of rotatable bonds is 8. The molecule has 0 saturated heterocycles. The van der Waals surface area contributed by atoms with E-state index in [9.17, 15) is 9.59 Å². The van der Waals surface area contributed by atoms with Crippen molar-refractivity contribution in [2.24, 2.45) is 5.92 Å². The first-order chi connectivity index (χ1) is 13.5. The fraction of sp³-hybridized carbons (Fsp3) is 0.318. The zero-order chi connectivity index (χ0) is 19.9. The lowest BCUT2D eigenvalue weighted by atomic mass is 10.1. The van der Waals surface area contributed by atoms with E-state index in [-0.39, 0.29) is 17.2 Å². The Kier molecular flexibility index (Phi) is 6.87. The normalized spacial score (nSPS) is 11.1. The van der Waals surface area contributed by atoms with Crippen LogP contribution in [-0.4, -0.2) is 27.8 Å². The van der Waals surface area contributed by atoms with Gasteiger partial charge in [0, 0.05) is 13.1 Å². The quantitative estimate of drug-likeness (QED) is 0.468. The summed E-state index contributed by atoms with van der Waals surface area (Å²) in [5, 5.41) is 4.14. The van der Waals surface area contributed by atoms with Gasteiger partial charge in [-0.2, -0.15) is 0 Å². The number of carbonyl (C=O) groups excluding carboxylic acids is 1. The second-order valence-corrected chi connectivity index (χ2v) is 8.04. The fourth-order valence-corrected chi connectivity index (χ4v) is 3.79. The van der Waals surface area contributed by atoms with E-state index >= 15 is 0 Å². The minimum absolute atomic E-state index is 0.0497. The van der Waals surface area contributed by atoms with Crippen LogP contribution in [0.25, 0.3) is 10.9 Å². The molecule has 3 rings (SSSR count). The average Bonchev–Trinajstić information content (AvgIpc) is 2.69. The van der Waals surface area contributed by atoms with Crippen LogP contribution in [0.5, 0.6) is 0 Å². The summed E-state index contributed by atoms with van der Waals surface area (Å²) in [5.41, 5.74) is 1.81. The first-order valence-corrected chi connectivity index (χ1v) is 10.5.